The lowest BCUT2D eigenvalue weighted by Gasteiger charge is -2.41. The molecule has 0 fully saturated rings. The van der Waals surface area contributed by atoms with E-state index in [0.717, 1.165) is 16.5 Å². The number of alkyl halides is 1. The van der Waals surface area contributed by atoms with Crippen molar-refractivity contribution in [3.05, 3.63) is 23.4 Å². The van der Waals surface area contributed by atoms with Gasteiger partial charge in [0.25, 0.3) is 0 Å². The molecule has 6 nitrogen and oxygen atoms in total. The Morgan fingerprint density at radius 3 is 2.58 bits per heavy atom. The van der Waals surface area contributed by atoms with Gasteiger partial charge in [0, 0.05) is 42.4 Å². The summed E-state index contributed by atoms with van der Waals surface area (Å²) in [6.07, 6.45) is 0.784. The van der Waals surface area contributed by atoms with Crippen LogP contribution in [0.15, 0.2) is 12.3 Å². The summed E-state index contributed by atoms with van der Waals surface area (Å²) in [5.74, 6) is 0.141. The summed E-state index contributed by atoms with van der Waals surface area (Å²) >= 11 is 6.48. The molecule has 1 aromatic carbocycles. The van der Waals surface area contributed by atoms with E-state index in [2.05, 4.69) is 25.8 Å². The van der Waals surface area contributed by atoms with Gasteiger partial charge in [-0.3, -0.25) is 9.69 Å². The van der Waals surface area contributed by atoms with Crippen molar-refractivity contribution in [2.75, 3.05) is 17.3 Å². The molecule has 1 atom stereocenters. The summed E-state index contributed by atoms with van der Waals surface area (Å²) in [4.78, 5) is 28.0. The number of ether oxygens (including phenoxy) is 1. The minimum absolute atomic E-state index is 0.258. The molecular formula is C19H23ClN2O4. The molecule has 0 aliphatic carbocycles. The van der Waals surface area contributed by atoms with Gasteiger partial charge >= 0.3 is 12.1 Å². The first-order chi connectivity index (χ1) is 12.0. The van der Waals surface area contributed by atoms with Gasteiger partial charge in [-0.1, -0.05) is 20.8 Å². The maximum Gasteiger partial charge on any atom is 0.411 e. The van der Waals surface area contributed by atoms with Crippen LogP contribution in [0.5, 0.6) is 5.75 Å². The molecule has 0 unspecified atom stereocenters. The van der Waals surface area contributed by atoms with Crippen molar-refractivity contribution in [3.63, 3.8) is 0 Å². The van der Waals surface area contributed by atoms with E-state index in [1.807, 2.05) is 13.1 Å². The highest BCUT2D eigenvalue weighted by molar-refractivity contribution is 6.19. The highest BCUT2D eigenvalue weighted by Gasteiger charge is 2.53. The summed E-state index contributed by atoms with van der Waals surface area (Å²) < 4.78 is 5.36. The number of nitrogens with one attached hydrogen (secondary N) is 1. The lowest BCUT2D eigenvalue weighted by molar-refractivity contribution is -0.131. The van der Waals surface area contributed by atoms with E-state index in [4.69, 9.17) is 16.3 Å². The Morgan fingerprint density at radius 1 is 1.42 bits per heavy atom. The second kappa shape index (κ2) is 5.91. The van der Waals surface area contributed by atoms with Crippen molar-refractivity contribution >= 4 is 40.3 Å². The number of nitrogens with zero attached hydrogens (tertiary/aromatic N) is 1. The Labute approximate surface area is 157 Å². The van der Waals surface area contributed by atoms with Crippen molar-refractivity contribution < 1.29 is 19.4 Å². The minimum Gasteiger partial charge on any atom is -0.465 e. The number of hydrogen-bond acceptors (Lipinski definition) is 3. The Morgan fingerprint density at radius 2 is 2.08 bits per heavy atom. The van der Waals surface area contributed by atoms with Gasteiger partial charge in [-0.05, 0) is 23.5 Å². The molecule has 2 aromatic rings. The number of H-pyrrole nitrogens is 1. The van der Waals surface area contributed by atoms with Crippen LogP contribution < -0.4 is 9.64 Å². The van der Waals surface area contributed by atoms with Crippen molar-refractivity contribution in [3.8, 4) is 5.75 Å². The van der Waals surface area contributed by atoms with Gasteiger partial charge in [0.15, 0.2) is 5.75 Å². The topological polar surface area (TPSA) is 82.6 Å². The zero-order valence-corrected chi connectivity index (χ0v) is 16.3. The average molecular weight is 379 g/mol. The molecule has 2 N–H and O–H groups in total. The second-order valence-electron chi connectivity index (χ2n) is 7.92. The van der Waals surface area contributed by atoms with Crippen molar-refractivity contribution in [1.82, 2.24) is 4.98 Å². The van der Waals surface area contributed by atoms with Crippen LogP contribution in [-0.4, -0.2) is 34.6 Å². The molecule has 0 spiro atoms. The molecule has 3 rings (SSSR count). The van der Waals surface area contributed by atoms with Crippen LogP contribution in [0.3, 0.4) is 0 Å². The van der Waals surface area contributed by atoms with Gasteiger partial charge in [-0.2, -0.15) is 0 Å². The van der Waals surface area contributed by atoms with E-state index >= 15 is 0 Å². The first-order valence-corrected chi connectivity index (χ1v) is 8.97. The second-order valence-corrected chi connectivity index (χ2v) is 8.19. The molecule has 1 amide bonds. The first kappa shape index (κ1) is 18.6. The number of fused-ring (bicyclic) bond motifs is 3. The molecule has 7 heteroatoms. The maximum absolute atomic E-state index is 12.0. The number of carbonyl (C=O) groups excluding carboxylic acids is 1. The van der Waals surface area contributed by atoms with Gasteiger partial charge in [-0.25, -0.2) is 4.79 Å². The number of rotatable bonds is 2. The van der Waals surface area contributed by atoms with E-state index < -0.39 is 17.5 Å². The average Bonchev–Trinajstić information content (AvgIpc) is 3.05. The molecule has 2 heterocycles. The van der Waals surface area contributed by atoms with Crippen molar-refractivity contribution in [2.45, 2.75) is 40.0 Å². The normalized spacial score (nSPS) is 19.7. The third kappa shape index (κ3) is 2.47. The quantitative estimate of drug-likeness (QED) is 0.460. The number of esters is 1. The van der Waals surface area contributed by atoms with Crippen LogP contribution in [0.4, 0.5) is 10.5 Å². The van der Waals surface area contributed by atoms with Gasteiger partial charge < -0.3 is 14.8 Å². The van der Waals surface area contributed by atoms with Crippen LogP contribution in [-0.2, 0) is 10.2 Å². The fourth-order valence-corrected chi connectivity index (χ4v) is 4.51. The number of hydrogen-bond donors (Lipinski definition) is 2. The maximum atomic E-state index is 12.0. The predicted octanol–water partition coefficient (Wildman–Crippen LogP) is 4.42. The standard InChI is InChI=1S/C19H23ClN2O4/c1-10-7-21-16-13(26-11(2)23)6-12-15(14(10)16)19(8-20,18(3,4)5)9-22(12)17(24)25/h6-7,21H,8-9H2,1-5H3,(H,24,25)/t19-/m0/s1. The minimum atomic E-state index is -1.05. The Kier molecular flexibility index (Phi) is 4.22. The lowest BCUT2D eigenvalue weighted by Crippen LogP contribution is -2.46. The van der Waals surface area contributed by atoms with Gasteiger partial charge in [0.05, 0.1) is 11.2 Å². The number of aryl methyl sites for hydroxylation is 1. The van der Waals surface area contributed by atoms with E-state index in [-0.39, 0.29) is 17.8 Å². The fraction of sp³-hybridized carbons (Fsp3) is 0.474. The zero-order valence-electron chi connectivity index (χ0n) is 15.6. The van der Waals surface area contributed by atoms with E-state index in [1.54, 1.807) is 6.07 Å². The Hall–Kier alpha value is -2.21. The Bertz CT molecular complexity index is 912. The summed E-state index contributed by atoms with van der Waals surface area (Å²) in [6, 6.07) is 1.63. The van der Waals surface area contributed by atoms with E-state index in [1.165, 1.54) is 11.8 Å². The highest BCUT2D eigenvalue weighted by atomic mass is 35.5. The third-order valence-corrected chi connectivity index (χ3v) is 5.90. The van der Waals surface area contributed by atoms with Gasteiger partial charge in [0.1, 0.15) is 0 Å². The van der Waals surface area contributed by atoms with Crippen LogP contribution in [0, 0.1) is 12.3 Å². The molecule has 1 aliphatic rings. The highest BCUT2D eigenvalue weighted by Crippen LogP contribution is 2.56. The van der Waals surface area contributed by atoms with E-state index in [0.29, 0.717) is 17.0 Å². The molecule has 0 saturated heterocycles. The molecule has 1 aromatic heterocycles. The summed E-state index contributed by atoms with van der Waals surface area (Å²) in [5, 5.41) is 10.7. The van der Waals surface area contributed by atoms with Gasteiger partial charge in [0.2, 0.25) is 0 Å². The number of benzene rings is 1. The fourth-order valence-electron chi connectivity index (χ4n) is 3.89. The number of anilines is 1. The van der Waals surface area contributed by atoms with Crippen molar-refractivity contribution in [2.24, 2.45) is 5.41 Å². The van der Waals surface area contributed by atoms with Crippen molar-refractivity contribution in [1.29, 1.82) is 0 Å². The summed E-state index contributed by atoms with van der Waals surface area (Å²) in [7, 11) is 0. The molecule has 0 radical (unpaired) electrons. The van der Waals surface area contributed by atoms with Gasteiger partial charge in [-0.15, -0.1) is 11.6 Å². The number of aromatic nitrogens is 1. The lowest BCUT2D eigenvalue weighted by atomic mass is 9.64. The van der Waals surface area contributed by atoms with Crippen LogP contribution in [0.25, 0.3) is 10.9 Å². The van der Waals surface area contributed by atoms with Crippen LogP contribution >= 0.6 is 11.6 Å². The molecule has 140 valence electrons. The van der Waals surface area contributed by atoms with Crippen LogP contribution in [0.1, 0.15) is 38.8 Å². The number of halogens is 1. The molecule has 0 saturated carbocycles. The molecular weight excluding hydrogens is 356 g/mol. The SMILES string of the molecule is CC(=O)Oc1cc2c(c3c(C)c[nH]c13)[C@@](CCl)(C(C)(C)C)CN2C(=O)O. The first-order valence-electron chi connectivity index (χ1n) is 8.43. The summed E-state index contributed by atoms with van der Waals surface area (Å²) in [6.45, 7) is 9.73. The monoisotopic (exact) mass is 378 g/mol. The third-order valence-electron chi connectivity index (χ3n) is 5.44. The zero-order chi connectivity index (χ0) is 19.4. The number of carboxylic acid groups (broad SMARTS) is 1. The van der Waals surface area contributed by atoms with Crippen LogP contribution in [0.2, 0.25) is 0 Å². The number of carbonyl (C=O) groups is 2. The molecule has 0 bridgehead atoms. The van der Waals surface area contributed by atoms with E-state index in [9.17, 15) is 14.7 Å². The smallest absolute Gasteiger partial charge is 0.411 e. The number of aromatic amines is 1. The number of amides is 1. The Balaban J connectivity index is 2.45. The predicted molar refractivity (Wildman–Crippen MR) is 102 cm³/mol. The molecule has 26 heavy (non-hydrogen) atoms. The largest absolute Gasteiger partial charge is 0.465 e. The molecule has 1 aliphatic heterocycles. The summed E-state index contributed by atoms with van der Waals surface area (Å²) in [5.41, 5.74) is 2.21.